The minimum Gasteiger partial charge on any atom is -0.478 e. The van der Waals surface area contributed by atoms with Crippen molar-refractivity contribution in [3.63, 3.8) is 0 Å². The normalized spacial score (nSPS) is 11.2. The van der Waals surface area contributed by atoms with Crippen LogP contribution in [0.3, 0.4) is 0 Å². The van der Waals surface area contributed by atoms with Crippen LogP contribution in [-0.4, -0.2) is 20.6 Å². The van der Waals surface area contributed by atoms with Gasteiger partial charge < -0.3 is 5.11 Å². The smallest absolute Gasteiger partial charge is 0.335 e. The molecule has 0 amide bonds. The fourth-order valence-corrected chi connectivity index (χ4v) is 2.73. The van der Waals surface area contributed by atoms with Gasteiger partial charge in [-0.15, -0.1) is 0 Å². The molecule has 0 saturated heterocycles. The molecular weight excluding hydrogens is 304 g/mol. The highest BCUT2D eigenvalue weighted by molar-refractivity contribution is 5.87. The number of fused-ring (bicyclic) bond motifs is 1. The van der Waals surface area contributed by atoms with Gasteiger partial charge in [0, 0.05) is 0 Å². The lowest BCUT2D eigenvalue weighted by atomic mass is 10.0. The van der Waals surface area contributed by atoms with Gasteiger partial charge in [-0.05, 0) is 54.8 Å². The summed E-state index contributed by atoms with van der Waals surface area (Å²) < 4.78 is 1.51. The summed E-state index contributed by atoms with van der Waals surface area (Å²) in [7, 11) is 0. The first-order chi connectivity index (χ1) is 11.4. The number of hydrogen-bond acceptors (Lipinski definition) is 3. The second kappa shape index (κ2) is 5.92. The van der Waals surface area contributed by atoms with Crippen molar-refractivity contribution in [1.82, 2.24) is 9.55 Å². The number of aromatic carboxylic acids is 1. The fraction of sp³-hybridized carbons (Fsp3) is 0.211. The highest BCUT2D eigenvalue weighted by atomic mass is 16.4. The Bertz CT molecular complexity index is 986. The van der Waals surface area contributed by atoms with Gasteiger partial charge in [-0.3, -0.25) is 9.36 Å². The third kappa shape index (κ3) is 2.69. The van der Waals surface area contributed by atoms with Crippen LogP contribution in [0.5, 0.6) is 0 Å². The molecule has 0 atom stereocenters. The lowest BCUT2D eigenvalue weighted by Gasteiger charge is -2.12. The number of nitrogens with zero attached hydrogens (tertiary/aromatic N) is 2. The molecule has 3 rings (SSSR count). The number of aromatic nitrogens is 2. The highest BCUT2D eigenvalue weighted by Crippen LogP contribution is 2.19. The predicted octanol–water partition coefficient (Wildman–Crippen LogP) is 3.52. The van der Waals surface area contributed by atoms with E-state index in [1.54, 1.807) is 19.1 Å². The van der Waals surface area contributed by atoms with Gasteiger partial charge in [0.1, 0.15) is 5.82 Å². The molecule has 24 heavy (non-hydrogen) atoms. The summed E-state index contributed by atoms with van der Waals surface area (Å²) in [6, 6.07) is 12.0. The Hall–Kier alpha value is -2.95. The summed E-state index contributed by atoms with van der Waals surface area (Å²) >= 11 is 0. The summed E-state index contributed by atoms with van der Waals surface area (Å²) in [4.78, 5) is 28.4. The first kappa shape index (κ1) is 15.9. The number of carbonyl (C=O) groups is 1. The molecule has 1 aromatic heterocycles. The Kier molecular flexibility index (Phi) is 3.93. The average molecular weight is 322 g/mol. The quantitative estimate of drug-likeness (QED) is 0.801. The van der Waals surface area contributed by atoms with Crippen LogP contribution in [0.2, 0.25) is 0 Å². The lowest BCUT2D eigenvalue weighted by Crippen LogP contribution is -2.22. The zero-order valence-corrected chi connectivity index (χ0v) is 13.8. The highest BCUT2D eigenvalue weighted by Gasteiger charge is 2.12. The first-order valence-corrected chi connectivity index (χ1v) is 7.75. The largest absolute Gasteiger partial charge is 0.478 e. The summed E-state index contributed by atoms with van der Waals surface area (Å²) in [6.45, 7) is 5.92. The maximum absolute atomic E-state index is 12.9. The average Bonchev–Trinajstić information content (AvgIpc) is 2.55. The third-order valence-corrected chi connectivity index (χ3v) is 4.10. The van der Waals surface area contributed by atoms with E-state index in [1.165, 1.54) is 16.7 Å². The van der Waals surface area contributed by atoms with Gasteiger partial charge in [0.25, 0.3) is 5.56 Å². The van der Waals surface area contributed by atoms with E-state index in [2.05, 4.69) is 18.8 Å². The molecule has 5 heteroatoms. The summed E-state index contributed by atoms with van der Waals surface area (Å²) in [5.41, 5.74) is 2.38. The van der Waals surface area contributed by atoms with E-state index >= 15 is 0 Å². The van der Waals surface area contributed by atoms with Crippen molar-refractivity contribution < 1.29 is 9.90 Å². The molecule has 122 valence electrons. The molecule has 0 saturated carbocycles. The number of carboxylic acid groups (broad SMARTS) is 1. The molecule has 2 aromatic carbocycles. The topological polar surface area (TPSA) is 72.2 Å². The Balaban J connectivity index is 2.23. The van der Waals surface area contributed by atoms with Crippen LogP contribution < -0.4 is 5.56 Å². The third-order valence-electron chi connectivity index (χ3n) is 4.10. The van der Waals surface area contributed by atoms with Crippen molar-refractivity contribution in [2.75, 3.05) is 0 Å². The molecular formula is C19H18N2O3. The van der Waals surface area contributed by atoms with Crippen LogP contribution in [0.1, 0.15) is 41.5 Å². The van der Waals surface area contributed by atoms with Crippen LogP contribution in [0.4, 0.5) is 0 Å². The van der Waals surface area contributed by atoms with Crippen molar-refractivity contribution in [3.05, 3.63) is 69.8 Å². The molecule has 3 aromatic rings. The van der Waals surface area contributed by atoms with E-state index in [0.29, 0.717) is 28.3 Å². The number of hydrogen-bond donors (Lipinski definition) is 1. The minimum absolute atomic E-state index is 0.150. The van der Waals surface area contributed by atoms with Crippen LogP contribution in [0.25, 0.3) is 16.6 Å². The van der Waals surface area contributed by atoms with E-state index in [4.69, 9.17) is 5.11 Å². The van der Waals surface area contributed by atoms with Gasteiger partial charge in [-0.1, -0.05) is 19.9 Å². The van der Waals surface area contributed by atoms with Crippen molar-refractivity contribution in [2.45, 2.75) is 26.7 Å². The van der Waals surface area contributed by atoms with Crippen molar-refractivity contribution in [3.8, 4) is 5.69 Å². The molecule has 0 radical (unpaired) electrons. The van der Waals surface area contributed by atoms with Gasteiger partial charge in [-0.25, -0.2) is 9.78 Å². The van der Waals surface area contributed by atoms with Crippen LogP contribution >= 0.6 is 0 Å². The maximum atomic E-state index is 12.9. The predicted molar refractivity (Wildman–Crippen MR) is 93.1 cm³/mol. The lowest BCUT2D eigenvalue weighted by molar-refractivity contribution is 0.0697. The Morgan fingerprint density at radius 2 is 1.79 bits per heavy atom. The maximum Gasteiger partial charge on any atom is 0.335 e. The number of aryl methyl sites for hydroxylation is 1. The molecule has 1 heterocycles. The summed E-state index contributed by atoms with van der Waals surface area (Å²) in [5.74, 6) is -0.116. The molecule has 0 bridgehead atoms. The van der Waals surface area contributed by atoms with Gasteiger partial charge in [0.05, 0.1) is 22.2 Å². The van der Waals surface area contributed by atoms with Gasteiger partial charge in [0.2, 0.25) is 0 Å². The zero-order chi connectivity index (χ0) is 17.4. The molecule has 5 nitrogen and oxygen atoms in total. The molecule has 0 unspecified atom stereocenters. The number of benzene rings is 2. The van der Waals surface area contributed by atoms with E-state index in [9.17, 15) is 9.59 Å². The second-order valence-electron chi connectivity index (χ2n) is 6.08. The van der Waals surface area contributed by atoms with Crippen molar-refractivity contribution >= 4 is 16.9 Å². The molecule has 0 fully saturated rings. The SMILES string of the molecule is Cc1nc2ccc(C(C)C)cc2c(=O)n1-c1ccc(C(=O)O)cc1. The van der Waals surface area contributed by atoms with Crippen LogP contribution in [0, 0.1) is 6.92 Å². The minimum atomic E-state index is -0.996. The molecule has 0 aliphatic carbocycles. The molecule has 1 N–H and O–H groups in total. The Morgan fingerprint density at radius 3 is 2.38 bits per heavy atom. The van der Waals surface area contributed by atoms with Gasteiger partial charge >= 0.3 is 5.97 Å². The van der Waals surface area contributed by atoms with E-state index in [-0.39, 0.29) is 11.1 Å². The van der Waals surface area contributed by atoms with Gasteiger partial charge in [-0.2, -0.15) is 0 Å². The van der Waals surface area contributed by atoms with Gasteiger partial charge in [0.15, 0.2) is 0 Å². The molecule has 0 spiro atoms. The Morgan fingerprint density at radius 1 is 1.12 bits per heavy atom. The zero-order valence-electron chi connectivity index (χ0n) is 13.8. The van der Waals surface area contributed by atoms with Crippen LogP contribution in [-0.2, 0) is 0 Å². The van der Waals surface area contributed by atoms with E-state index in [1.807, 2.05) is 18.2 Å². The second-order valence-corrected chi connectivity index (χ2v) is 6.08. The van der Waals surface area contributed by atoms with E-state index < -0.39 is 5.97 Å². The van der Waals surface area contributed by atoms with Crippen molar-refractivity contribution in [2.24, 2.45) is 0 Å². The number of rotatable bonds is 3. The van der Waals surface area contributed by atoms with Crippen molar-refractivity contribution in [1.29, 1.82) is 0 Å². The first-order valence-electron chi connectivity index (χ1n) is 7.75. The van der Waals surface area contributed by atoms with E-state index in [0.717, 1.165) is 5.56 Å². The monoisotopic (exact) mass is 322 g/mol. The fourth-order valence-electron chi connectivity index (χ4n) is 2.73. The summed E-state index contributed by atoms with van der Waals surface area (Å²) in [6.07, 6.45) is 0. The van der Waals surface area contributed by atoms with Crippen LogP contribution in [0.15, 0.2) is 47.3 Å². The Labute approximate surface area is 139 Å². The molecule has 0 aliphatic heterocycles. The molecule has 0 aliphatic rings. The standard InChI is InChI=1S/C19H18N2O3/c1-11(2)14-6-9-17-16(10-14)18(22)21(12(3)20-17)15-7-4-13(5-8-15)19(23)24/h4-11H,1-3H3,(H,23,24). The summed E-state index contributed by atoms with van der Waals surface area (Å²) in [5, 5.41) is 9.56. The number of carboxylic acids is 1.